The number of nitrogens with one attached hydrogen (secondary N) is 2. The fourth-order valence-corrected chi connectivity index (χ4v) is 4.11. The minimum Gasteiger partial charge on any atom is -0.467 e. The molecule has 0 radical (unpaired) electrons. The van der Waals surface area contributed by atoms with Crippen LogP contribution in [0.4, 0.5) is 10.5 Å². The second-order valence-electron chi connectivity index (χ2n) is 7.40. The summed E-state index contributed by atoms with van der Waals surface area (Å²) in [6, 6.07) is 10.2. The van der Waals surface area contributed by atoms with Crippen LogP contribution in [-0.2, 0) is 9.53 Å². The van der Waals surface area contributed by atoms with E-state index in [9.17, 15) is 9.59 Å². The van der Waals surface area contributed by atoms with Crippen LogP contribution in [0.2, 0.25) is 5.02 Å². The molecule has 0 saturated carbocycles. The molecule has 1 aromatic heterocycles. The maximum absolute atomic E-state index is 12.8. The second-order valence-corrected chi connectivity index (χ2v) is 7.84. The van der Waals surface area contributed by atoms with Crippen molar-refractivity contribution in [2.75, 3.05) is 44.2 Å². The third-order valence-corrected chi connectivity index (χ3v) is 5.64. The molecule has 1 saturated heterocycles. The summed E-state index contributed by atoms with van der Waals surface area (Å²) in [5.41, 5.74) is 2.00. The Bertz CT molecular complexity index is 968. The normalized spacial score (nSPS) is 19.7. The van der Waals surface area contributed by atoms with Gasteiger partial charge < -0.3 is 24.7 Å². The average molecular weight is 445 g/mol. The highest BCUT2D eigenvalue weighted by molar-refractivity contribution is 6.30. The van der Waals surface area contributed by atoms with Gasteiger partial charge in [0.05, 0.1) is 18.4 Å². The zero-order valence-electron chi connectivity index (χ0n) is 17.3. The molecule has 31 heavy (non-hydrogen) atoms. The van der Waals surface area contributed by atoms with Crippen LogP contribution < -0.4 is 15.5 Å². The number of hydrogen-bond acceptors (Lipinski definition) is 6. The van der Waals surface area contributed by atoms with Crippen LogP contribution >= 0.6 is 11.6 Å². The maximum atomic E-state index is 12.8. The highest BCUT2D eigenvalue weighted by Crippen LogP contribution is 2.29. The van der Waals surface area contributed by atoms with E-state index in [0.717, 1.165) is 31.9 Å². The number of benzene rings is 1. The molecular formula is C22H25ClN4O4. The van der Waals surface area contributed by atoms with Crippen molar-refractivity contribution in [2.45, 2.75) is 13.0 Å². The van der Waals surface area contributed by atoms with Gasteiger partial charge >= 0.3 is 12.0 Å². The number of esters is 1. The Kier molecular flexibility index (Phi) is 6.48. The lowest BCUT2D eigenvalue weighted by atomic mass is 9.99. The molecule has 2 amide bonds. The van der Waals surface area contributed by atoms with E-state index in [-0.39, 0.29) is 12.6 Å². The zero-order chi connectivity index (χ0) is 21.8. The number of ether oxygens (including phenoxy) is 1. The second kappa shape index (κ2) is 9.45. The number of rotatable bonds is 6. The third kappa shape index (κ3) is 4.86. The lowest BCUT2D eigenvalue weighted by Gasteiger charge is -2.37. The summed E-state index contributed by atoms with van der Waals surface area (Å²) in [6.45, 7) is 5.62. The van der Waals surface area contributed by atoms with Gasteiger partial charge in [0.1, 0.15) is 11.8 Å². The molecule has 2 N–H and O–H groups in total. The molecule has 0 unspecified atom stereocenters. The molecule has 2 aliphatic rings. The van der Waals surface area contributed by atoms with E-state index in [4.69, 9.17) is 20.8 Å². The van der Waals surface area contributed by atoms with Crippen LogP contribution in [0.25, 0.3) is 0 Å². The van der Waals surface area contributed by atoms with Crippen LogP contribution in [0.1, 0.15) is 18.7 Å². The number of furan rings is 1. The van der Waals surface area contributed by atoms with E-state index in [0.29, 0.717) is 28.6 Å². The lowest BCUT2D eigenvalue weighted by molar-refractivity contribution is -0.139. The van der Waals surface area contributed by atoms with Crippen molar-refractivity contribution in [2.24, 2.45) is 0 Å². The number of piperazine rings is 1. The molecule has 164 valence electrons. The van der Waals surface area contributed by atoms with Crippen molar-refractivity contribution in [1.29, 1.82) is 0 Å². The fourth-order valence-electron chi connectivity index (χ4n) is 3.92. The molecule has 4 rings (SSSR count). The number of halogens is 1. The van der Waals surface area contributed by atoms with E-state index >= 15 is 0 Å². The standard InChI is InChI=1S/C22H25ClN4O4/c1-2-30-21(28)19-17(24-22(29)25-20(19)18-7-4-12-31-18)14-26-8-10-27(11-9-26)16-6-3-5-15(23)13-16/h3-7,12-13,20H,2,8-11,14H2,1H3,(H2,24,25,29)/t20-/m1/s1. The van der Waals surface area contributed by atoms with Gasteiger partial charge in [0, 0.05) is 49.1 Å². The number of nitrogens with zero attached hydrogens (tertiary/aromatic N) is 2. The molecule has 1 atom stereocenters. The van der Waals surface area contributed by atoms with Crippen LogP contribution in [-0.4, -0.2) is 56.2 Å². The van der Waals surface area contributed by atoms with Crippen molar-refractivity contribution in [3.05, 3.63) is 64.7 Å². The number of carbonyl (C=O) groups is 2. The zero-order valence-corrected chi connectivity index (χ0v) is 18.0. The van der Waals surface area contributed by atoms with Crippen molar-refractivity contribution in [3.63, 3.8) is 0 Å². The van der Waals surface area contributed by atoms with Crippen LogP contribution in [0.3, 0.4) is 0 Å². The molecule has 2 aromatic rings. The minimum absolute atomic E-state index is 0.243. The summed E-state index contributed by atoms with van der Waals surface area (Å²) in [6.07, 6.45) is 1.51. The highest BCUT2D eigenvalue weighted by Gasteiger charge is 2.36. The SMILES string of the molecule is CCOC(=O)C1=C(CN2CCN(c3cccc(Cl)c3)CC2)NC(=O)N[C@@H]1c1ccco1. The van der Waals surface area contributed by atoms with Gasteiger partial charge in [0.25, 0.3) is 0 Å². The molecule has 1 aromatic carbocycles. The van der Waals surface area contributed by atoms with E-state index < -0.39 is 12.0 Å². The third-order valence-electron chi connectivity index (χ3n) is 5.40. The Hall–Kier alpha value is -2.97. The number of hydrogen-bond donors (Lipinski definition) is 2. The molecule has 9 heteroatoms. The van der Waals surface area contributed by atoms with Crippen molar-refractivity contribution in [3.8, 4) is 0 Å². The minimum atomic E-state index is -0.689. The Morgan fingerprint density at radius 1 is 1.23 bits per heavy atom. The van der Waals surface area contributed by atoms with Crippen LogP contribution in [0.15, 0.2) is 58.3 Å². The molecule has 0 bridgehead atoms. The monoisotopic (exact) mass is 444 g/mol. The quantitative estimate of drug-likeness (QED) is 0.666. The van der Waals surface area contributed by atoms with Gasteiger partial charge in [-0.3, -0.25) is 4.90 Å². The number of urea groups is 1. The number of anilines is 1. The molecule has 3 heterocycles. The van der Waals surface area contributed by atoms with Crippen LogP contribution in [0, 0.1) is 0 Å². The van der Waals surface area contributed by atoms with Gasteiger partial charge in [-0.05, 0) is 37.3 Å². The molecule has 2 aliphatic heterocycles. The summed E-state index contributed by atoms with van der Waals surface area (Å²) < 4.78 is 10.8. The number of carbonyl (C=O) groups excluding carboxylic acids is 2. The summed E-state index contributed by atoms with van der Waals surface area (Å²) in [4.78, 5) is 29.6. The van der Waals surface area contributed by atoms with Gasteiger partial charge in [-0.15, -0.1) is 0 Å². The molecule has 1 fully saturated rings. The van der Waals surface area contributed by atoms with Gasteiger partial charge in [0.15, 0.2) is 0 Å². The Morgan fingerprint density at radius 3 is 2.71 bits per heavy atom. The van der Waals surface area contributed by atoms with E-state index in [1.54, 1.807) is 19.1 Å². The smallest absolute Gasteiger partial charge is 0.338 e. The first-order valence-electron chi connectivity index (χ1n) is 10.3. The van der Waals surface area contributed by atoms with Crippen molar-refractivity contribution in [1.82, 2.24) is 15.5 Å². The first kappa shape index (κ1) is 21.3. The summed E-state index contributed by atoms with van der Waals surface area (Å²) in [7, 11) is 0. The molecular weight excluding hydrogens is 420 g/mol. The summed E-state index contributed by atoms with van der Waals surface area (Å²) >= 11 is 6.12. The predicted octanol–water partition coefficient (Wildman–Crippen LogP) is 2.93. The molecule has 8 nitrogen and oxygen atoms in total. The van der Waals surface area contributed by atoms with Crippen molar-refractivity contribution < 1.29 is 18.7 Å². The fraction of sp³-hybridized carbons (Fsp3) is 0.364. The summed E-state index contributed by atoms with van der Waals surface area (Å²) in [5, 5.41) is 6.29. The highest BCUT2D eigenvalue weighted by atomic mass is 35.5. The van der Waals surface area contributed by atoms with E-state index in [1.807, 2.05) is 24.3 Å². The summed E-state index contributed by atoms with van der Waals surface area (Å²) in [5.74, 6) is 0.0187. The Balaban J connectivity index is 1.52. The first-order chi connectivity index (χ1) is 15.0. The Morgan fingerprint density at radius 2 is 2.03 bits per heavy atom. The van der Waals surface area contributed by atoms with Gasteiger partial charge in [-0.1, -0.05) is 17.7 Å². The first-order valence-corrected chi connectivity index (χ1v) is 10.7. The predicted molar refractivity (Wildman–Crippen MR) is 117 cm³/mol. The maximum Gasteiger partial charge on any atom is 0.338 e. The average Bonchev–Trinajstić information content (AvgIpc) is 3.29. The molecule has 0 aliphatic carbocycles. The van der Waals surface area contributed by atoms with Gasteiger partial charge in [-0.25, -0.2) is 9.59 Å². The number of amides is 2. The van der Waals surface area contributed by atoms with E-state index in [1.165, 1.54) is 6.26 Å². The lowest BCUT2D eigenvalue weighted by Crippen LogP contribution is -2.51. The molecule has 0 spiro atoms. The Labute approximate surface area is 185 Å². The van der Waals surface area contributed by atoms with E-state index in [2.05, 4.69) is 20.4 Å². The topological polar surface area (TPSA) is 87.0 Å². The van der Waals surface area contributed by atoms with Crippen LogP contribution in [0.5, 0.6) is 0 Å². The van der Waals surface area contributed by atoms with Gasteiger partial charge in [-0.2, -0.15) is 0 Å². The van der Waals surface area contributed by atoms with Gasteiger partial charge in [0.2, 0.25) is 0 Å². The van der Waals surface area contributed by atoms with Crippen molar-refractivity contribution >= 4 is 29.3 Å². The largest absolute Gasteiger partial charge is 0.467 e.